The zero-order chi connectivity index (χ0) is 26.5. The van der Waals surface area contributed by atoms with Crippen LogP contribution in [0.15, 0.2) is 36.5 Å². The Morgan fingerprint density at radius 2 is 0.824 bits per heavy atom. The Hall–Kier alpha value is 0.0538. The summed E-state index contributed by atoms with van der Waals surface area (Å²) in [5.41, 5.74) is 0. The molecule has 0 rings (SSSR count). The Balaban J connectivity index is 5.43. The maximum Gasteiger partial charge on any atom is 0.214 e. The molecule has 200 valence electrons. The number of allylic oxidation sites excluding steroid dienone is 2. The van der Waals surface area contributed by atoms with Gasteiger partial charge in [-0.2, -0.15) is 8.61 Å². The number of sulfonamides is 2. The third kappa shape index (κ3) is 16.7. The minimum atomic E-state index is -3.44. The molecule has 0 atom stereocenters. The van der Waals surface area contributed by atoms with Crippen molar-refractivity contribution in [1.29, 1.82) is 0 Å². The minimum absolute atomic E-state index is 0.117. The summed E-state index contributed by atoms with van der Waals surface area (Å²) in [6.07, 6.45) is 10.4. The molecular formula is C22H44Cl2N2O4S2Si2. The van der Waals surface area contributed by atoms with E-state index in [1.807, 2.05) is 0 Å². The van der Waals surface area contributed by atoms with Crippen molar-refractivity contribution in [3.8, 4) is 0 Å². The van der Waals surface area contributed by atoms with Crippen LogP contribution in [0.5, 0.6) is 0 Å². The van der Waals surface area contributed by atoms with Crippen molar-refractivity contribution in [2.45, 2.75) is 51.4 Å². The molecule has 0 spiro atoms. The molecule has 0 aliphatic rings. The van der Waals surface area contributed by atoms with Crippen LogP contribution in [0, 0.1) is 0 Å². The van der Waals surface area contributed by atoms with Gasteiger partial charge in [-0.25, -0.2) is 16.8 Å². The largest absolute Gasteiger partial charge is 0.214 e. The number of hydrogen-bond acceptors (Lipinski definition) is 4. The van der Waals surface area contributed by atoms with Gasteiger partial charge < -0.3 is 0 Å². The third-order valence-corrected chi connectivity index (χ3v) is 13.1. The quantitative estimate of drug-likeness (QED) is 0.127. The Kier molecular flexibility index (Phi) is 16.0. The van der Waals surface area contributed by atoms with Crippen molar-refractivity contribution >= 4 is 59.4 Å². The molecule has 12 heteroatoms. The normalized spacial score (nSPS) is 14.5. The average molecular weight is 592 g/mol. The Morgan fingerprint density at radius 1 is 0.559 bits per heavy atom. The first-order valence-electron chi connectivity index (χ1n) is 11.6. The second-order valence-corrected chi connectivity index (χ2v) is 26.6. The van der Waals surface area contributed by atoms with Gasteiger partial charge in [0.2, 0.25) is 20.0 Å². The van der Waals surface area contributed by atoms with E-state index in [-0.39, 0.29) is 37.7 Å². The molecule has 34 heavy (non-hydrogen) atoms. The topological polar surface area (TPSA) is 74.8 Å². The van der Waals surface area contributed by atoms with Gasteiger partial charge in [0.05, 0.1) is 11.5 Å². The summed E-state index contributed by atoms with van der Waals surface area (Å²) in [4.78, 5) is 0. The highest BCUT2D eigenvalue weighted by Gasteiger charge is 2.25. The van der Waals surface area contributed by atoms with E-state index >= 15 is 0 Å². The molecule has 0 aromatic rings. The lowest BCUT2D eigenvalue weighted by Crippen LogP contribution is -2.37. The van der Waals surface area contributed by atoms with Crippen molar-refractivity contribution < 1.29 is 16.8 Å². The maximum atomic E-state index is 12.9. The maximum absolute atomic E-state index is 12.9. The van der Waals surface area contributed by atoms with Crippen molar-refractivity contribution in [3.63, 3.8) is 0 Å². The average Bonchev–Trinajstić information content (AvgIpc) is 2.70. The van der Waals surface area contributed by atoms with Crippen LogP contribution in [0.3, 0.4) is 0 Å². The van der Waals surface area contributed by atoms with Gasteiger partial charge in [0.1, 0.15) is 0 Å². The lowest BCUT2D eigenvalue weighted by molar-refractivity contribution is 0.466. The molecule has 0 saturated carbocycles. The first kappa shape index (κ1) is 34.1. The monoisotopic (exact) mass is 590 g/mol. The number of nitrogens with zero attached hydrogens (tertiary/aromatic N) is 2. The second-order valence-electron chi connectivity index (χ2n) is 10.6. The predicted octanol–water partition coefficient (Wildman–Crippen LogP) is 5.07. The SMILES string of the molecule is C[Si](C)(C)CCS(=O)(=O)N(C/C=C/CCl)C/C=C/CN(C/C=C/CCl)S(=O)(=O)CC[Si](C)(C)C. The molecule has 0 heterocycles. The van der Waals surface area contributed by atoms with Crippen molar-refractivity contribution in [3.05, 3.63) is 36.5 Å². The minimum Gasteiger partial charge on any atom is -0.212 e. The first-order chi connectivity index (χ1) is 15.5. The first-order valence-corrected chi connectivity index (χ1v) is 23.3. The van der Waals surface area contributed by atoms with Gasteiger partial charge in [0.25, 0.3) is 0 Å². The summed E-state index contributed by atoms with van der Waals surface area (Å²) in [6, 6.07) is 1.37. The van der Waals surface area contributed by atoms with Crippen LogP contribution < -0.4 is 0 Å². The standard InChI is InChI=1S/C22H44Cl2N2O4S2Si2/c1-33(2,3)21-19-31(27,28)25(15-9-7-13-23)17-11-12-18-26(16-10-8-14-24)32(29,30)20-22-34(4,5)6/h7-12H,13-22H2,1-6H3/b9-7+,10-8+,12-11+. The van der Waals surface area contributed by atoms with Gasteiger partial charge in [-0.15, -0.1) is 23.2 Å². The number of hydrogen-bond donors (Lipinski definition) is 0. The molecular weight excluding hydrogens is 547 g/mol. The van der Waals surface area contributed by atoms with Crippen LogP contribution in [0.2, 0.25) is 51.4 Å². The Labute approximate surface area is 221 Å². The van der Waals surface area contributed by atoms with E-state index < -0.39 is 36.2 Å². The van der Waals surface area contributed by atoms with Gasteiger partial charge in [0.15, 0.2) is 0 Å². The van der Waals surface area contributed by atoms with Gasteiger partial charge >= 0.3 is 0 Å². The van der Waals surface area contributed by atoms with Crippen molar-refractivity contribution in [1.82, 2.24) is 8.61 Å². The number of rotatable bonds is 18. The molecule has 0 amide bonds. The van der Waals surface area contributed by atoms with Gasteiger partial charge in [-0.1, -0.05) is 75.7 Å². The molecule has 0 aliphatic heterocycles. The Bertz CT molecular complexity index is 808. The summed E-state index contributed by atoms with van der Waals surface area (Å²) < 4.78 is 54.6. The van der Waals surface area contributed by atoms with Gasteiger partial charge in [0, 0.05) is 54.1 Å². The molecule has 0 aliphatic carbocycles. The lowest BCUT2D eigenvalue weighted by atomic mass is 10.4. The van der Waals surface area contributed by atoms with E-state index in [2.05, 4.69) is 39.3 Å². The zero-order valence-corrected chi connectivity index (χ0v) is 26.8. The summed E-state index contributed by atoms with van der Waals surface area (Å²) in [5.74, 6) is 0.870. The van der Waals surface area contributed by atoms with Gasteiger partial charge in [-0.05, 0) is 12.1 Å². The highest BCUT2D eigenvalue weighted by molar-refractivity contribution is 7.89. The van der Waals surface area contributed by atoms with Crippen LogP contribution in [-0.2, 0) is 20.0 Å². The van der Waals surface area contributed by atoms with Crippen LogP contribution >= 0.6 is 23.2 Å². The summed E-state index contributed by atoms with van der Waals surface area (Å²) in [7, 11) is -9.90. The molecule has 6 nitrogen and oxygen atoms in total. The van der Waals surface area contributed by atoms with Crippen molar-refractivity contribution in [2.75, 3.05) is 49.4 Å². The van der Waals surface area contributed by atoms with Crippen LogP contribution in [0.4, 0.5) is 0 Å². The van der Waals surface area contributed by atoms with Crippen LogP contribution in [0.25, 0.3) is 0 Å². The molecule has 0 fully saturated rings. The fourth-order valence-corrected chi connectivity index (χ4v) is 11.6. The van der Waals surface area contributed by atoms with Crippen molar-refractivity contribution in [2.24, 2.45) is 0 Å². The predicted molar refractivity (Wildman–Crippen MR) is 156 cm³/mol. The molecule has 0 aromatic carbocycles. The van der Waals surface area contributed by atoms with Crippen LogP contribution in [0.1, 0.15) is 0 Å². The number of halogens is 2. The molecule has 0 aromatic heterocycles. The lowest BCUT2D eigenvalue weighted by Gasteiger charge is -2.23. The fourth-order valence-electron chi connectivity index (χ4n) is 2.63. The molecule has 0 radical (unpaired) electrons. The third-order valence-electron chi connectivity index (χ3n) is 4.92. The van der Waals surface area contributed by atoms with E-state index in [0.29, 0.717) is 23.8 Å². The molecule has 0 unspecified atom stereocenters. The number of alkyl halides is 2. The Morgan fingerprint density at radius 3 is 1.06 bits per heavy atom. The second kappa shape index (κ2) is 16.0. The zero-order valence-electron chi connectivity index (χ0n) is 21.6. The summed E-state index contributed by atoms with van der Waals surface area (Å²) in [6.45, 7) is 13.7. The van der Waals surface area contributed by atoms with Gasteiger partial charge in [-0.3, -0.25) is 0 Å². The molecule has 0 saturated heterocycles. The highest BCUT2D eigenvalue weighted by Crippen LogP contribution is 2.15. The van der Waals surface area contributed by atoms with E-state index in [1.165, 1.54) is 8.61 Å². The van der Waals surface area contributed by atoms with E-state index in [1.54, 1.807) is 36.5 Å². The summed E-state index contributed by atoms with van der Waals surface area (Å²) >= 11 is 11.4. The van der Waals surface area contributed by atoms with E-state index in [0.717, 1.165) is 0 Å². The highest BCUT2D eigenvalue weighted by atomic mass is 35.5. The van der Waals surface area contributed by atoms with Crippen LogP contribution in [-0.4, -0.2) is 91.0 Å². The van der Waals surface area contributed by atoms with E-state index in [4.69, 9.17) is 23.2 Å². The molecule has 0 bridgehead atoms. The fraction of sp³-hybridized carbons (Fsp3) is 0.727. The smallest absolute Gasteiger partial charge is 0.212 e. The molecule has 0 N–H and O–H groups in total. The van der Waals surface area contributed by atoms with E-state index in [9.17, 15) is 16.8 Å². The summed E-state index contributed by atoms with van der Waals surface area (Å²) in [5, 5.41) is 0.